The molecule has 26 heavy (non-hydrogen) atoms. The number of esters is 1. The molecular weight excluding hydrogens is 339 g/mol. The maximum atomic E-state index is 13.5. The van der Waals surface area contributed by atoms with Crippen LogP contribution in [-0.2, 0) is 14.3 Å². The number of carbonyl (C=O) groups is 2. The van der Waals surface area contributed by atoms with Gasteiger partial charge in [-0.05, 0) is 50.2 Å². The molecule has 0 aliphatic rings. The van der Waals surface area contributed by atoms with Gasteiger partial charge < -0.3 is 14.8 Å². The van der Waals surface area contributed by atoms with Crippen LogP contribution in [0.25, 0.3) is 0 Å². The van der Waals surface area contributed by atoms with E-state index in [0.717, 1.165) is 0 Å². The van der Waals surface area contributed by atoms with E-state index in [2.05, 4.69) is 5.32 Å². The van der Waals surface area contributed by atoms with Crippen molar-refractivity contribution >= 4 is 17.6 Å². The van der Waals surface area contributed by atoms with Crippen molar-refractivity contribution in [1.29, 1.82) is 5.26 Å². The average molecular weight is 356 g/mol. The first-order chi connectivity index (χ1) is 12.4. The molecule has 0 aliphatic heterocycles. The van der Waals surface area contributed by atoms with Crippen LogP contribution >= 0.6 is 0 Å². The largest absolute Gasteiger partial charge is 0.479 e. The van der Waals surface area contributed by atoms with Gasteiger partial charge in [0, 0.05) is 0 Å². The quantitative estimate of drug-likeness (QED) is 0.804. The molecule has 2 aromatic carbocycles. The van der Waals surface area contributed by atoms with Gasteiger partial charge in [0.05, 0.1) is 17.3 Å². The van der Waals surface area contributed by atoms with Crippen molar-refractivity contribution in [2.24, 2.45) is 0 Å². The van der Waals surface area contributed by atoms with Crippen molar-refractivity contribution in [2.75, 3.05) is 5.32 Å². The molecule has 134 valence electrons. The smallest absolute Gasteiger partial charge is 0.347 e. The average Bonchev–Trinajstić information content (AvgIpc) is 2.64. The third-order valence-electron chi connectivity index (χ3n) is 3.42. The Morgan fingerprint density at radius 2 is 1.73 bits per heavy atom. The molecule has 0 aromatic heterocycles. The molecule has 0 unspecified atom stereocenters. The lowest BCUT2D eigenvalue weighted by atomic mass is 10.2. The number of benzene rings is 2. The summed E-state index contributed by atoms with van der Waals surface area (Å²) in [6.07, 6.45) is -2.10. The Morgan fingerprint density at radius 1 is 1.08 bits per heavy atom. The van der Waals surface area contributed by atoms with Crippen molar-refractivity contribution < 1.29 is 23.5 Å². The number of ether oxygens (including phenoxy) is 2. The molecule has 6 nitrogen and oxygen atoms in total. The van der Waals surface area contributed by atoms with E-state index in [1.54, 1.807) is 30.3 Å². The van der Waals surface area contributed by atoms with Gasteiger partial charge in [-0.25, -0.2) is 9.18 Å². The number of nitrogens with one attached hydrogen (secondary N) is 1. The number of nitrogens with zero attached hydrogens (tertiary/aromatic N) is 1. The van der Waals surface area contributed by atoms with Gasteiger partial charge in [-0.3, -0.25) is 4.79 Å². The fraction of sp³-hybridized carbons (Fsp3) is 0.211. The van der Waals surface area contributed by atoms with E-state index in [4.69, 9.17) is 14.7 Å². The summed E-state index contributed by atoms with van der Waals surface area (Å²) in [6, 6.07) is 13.9. The number of nitriles is 1. The number of rotatable bonds is 6. The van der Waals surface area contributed by atoms with Gasteiger partial charge in [-0.2, -0.15) is 5.26 Å². The minimum atomic E-state index is -1.13. The molecular formula is C19H17FN2O4. The van der Waals surface area contributed by atoms with Gasteiger partial charge in [0.25, 0.3) is 5.91 Å². The van der Waals surface area contributed by atoms with E-state index in [9.17, 15) is 14.0 Å². The Bertz CT molecular complexity index is 830. The molecule has 0 radical (unpaired) electrons. The van der Waals surface area contributed by atoms with Crippen LogP contribution in [0.3, 0.4) is 0 Å². The number of para-hydroxylation sites is 1. The molecule has 0 bridgehead atoms. The first-order valence-corrected chi connectivity index (χ1v) is 7.83. The van der Waals surface area contributed by atoms with Gasteiger partial charge in [0.2, 0.25) is 0 Å². The molecule has 1 amide bonds. The number of halogens is 1. The summed E-state index contributed by atoms with van der Waals surface area (Å²) in [4.78, 5) is 24.1. The van der Waals surface area contributed by atoms with E-state index in [1.165, 1.54) is 32.0 Å². The number of hydrogen-bond donors (Lipinski definition) is 1. The summed E-state index contributed by atoms with van der Waals surface area (Å²) in [5, 5.41) is 11.1. The van der Waals surface area contributed by atoms with E-state index < -0.39 is 29.9 Å². The van der Waals surface area contributed by atoms with Gasteiger partial charge in [0.15, 0.2) is 12.2 Å². The number of hydrogen-bond acceptors (Lipinski definition) is 5. The van der Waals surface area contributed by atoms with Gasteiger partial charge >= 0.3 is 5.97 Å². The Morgan fingerprint density at radius 3 is 2.35 bits per heavy atom. The first kappa shape index (κ1) is 18.9. The number of anilines is 1. The van der Waals surface area contributed by atoms with Gasteiger partial charge in [-0.1, -0.05) is 12.1 Å². The number of amides is 1. The lowest BCUT2D eigenvalue weighted by Crippen LogP contribution is -2.35. The predicted octanol–water partition coefficient (Wildman–Crippen LogP) is 3.04. The van der Waals surface area contributed by atoms with Gasteiger partial charge in [-0.15, -0.1) is 0 Å². The Balaban J connectivity index is 1.89. The minimum absolute atomic E-state index is 0.00211. The normalized spacial score (nSPS) is 12.4. The van der Waals surface area contributed by atoms with Crippen LogP contribution in [-0.4, -0.2) is 24.1 Å². The Labute approximate surface area is 150 Å². The highest BCUT2D eigenvalue weighted by Gasteiger charge is 2.23. The van der Waals surface area contributed by atoms with Crippen LogP contribution in [0.2, 0.25) is 0 Å². The third-order valence-corrected chi connectivity index (χ3v) is 3.42. The molecule has 0 fully saturated rings. The predicted molar refractivity (Wildman–Crippen MR) is 91.8 cm³/mol. The van der Waals surface area contributed by atoms with Gasteiger partial charge in [0.1, 0.15) is 11.6 Å². The van der Waals surface area contributed by atoms with E-state index in [-0.39, 0.29) is 5.69 Å². The van der Waals surface area contributed by atoms with Crippen LogP contribution in [0, 0.1) is 17.1 Å². The third kappa shape index (κ3) is 5.05. The van der Waals surface area contributed by atoms with Crippen LogP contribution in [0.15, 0.2) is 48.5 Å². The molecule has 1 N–H and O–H groups in total. The first-order valence-electron chi connectivity index (χ1n) is 7.83. The summed E-state index contributed by atoms with van der Waals surface area (Å²) in [5.74, 6) is -1.60. The molecule has 0 heterocycles. The standard InChI is InChI=1S/C19H17FN2O4/c1-12(18(23)22-17-6-4-3-5-16(17)20)26-19(24)13(2)25-15-9-7-14(11-21)8-10-15/h3-10,12-13H,1-2H3,(H,22,23)/t12-,13+/m1/s1. The summed E-state index contributed by atoms with van der Waals surface area (Å²) >= 11 is 0. The molecule has 2 atom stereocenters. The summed E-state index contributed by atoms with van der Waals surface area (Å²) < 4.78 is 24.0. The zero-order valence-corrected chi connectivity index (χ0v) is 14.2. The van der Waals surface area contributed by atoms with Crippen molar-refractivity contribution in [3.8, 4) is 11.8 Å². The highest BCUT2D eigenvalue weighted by atomic mass is 19.1. The lowest BCUT2D eigenvalue weighted by molar-refractivity contribution is -0.159. The topological polar surface area (TPSA) is 88.4 Å². The molecule has 0 saturated carbocycles. The highest BCUT2D eigenvalue weighted by Crippen LogP contribution is 2.15. The lowest BCUT2D eigenvalue weighted by Gasteiger charge is -2.18. The molecule has 7 heteroatoms. The minimum Gasteiger partial charge on any atom is -0.479 e. The fourth-order valence-corrected chi connectivity index (χ4v) is 1.98. The zero-order chi connectivity index (χ0) is 19.1. The Hall–Kier alpha value is -3.40. The molecule has 2 rings (SSSR count). The van der Waals surface area contributed by atoms with Crippen molar-refractivity contribution in [3.63, 3.8) is 0 Å². The summed E-state index contributed by atoms with van der Waals surface area (Å²) in [7, 11) is 0. The van der Waals surface area contributed by atoms with Crippen LogP contribution in [0.5, 0.6) is 5.75 Å². The molecule has 2 aromatic rings. The summed E-state index contributed by atoms with van der Waals surface area (Å²) in [6.45, 7) is 2.85. The van der Waals surface area contributed by atoms with E-state index >= 15 is 0 Å². The van der Waals surface area contributed by atoms with Crippen molar-refractivity contribution in [3.05, 3.63) is 59.9 Å². The SMILES string of the molecule is C[C@H](Oc1ccc(C#N)cc1)C(=O)O[C@H](C)C(=O)Nc1ccccc1F. The number of carbonyl (C=O) groups excluding carboxylic acids is 2. The Kier molecular flexibility index (Phi) is 6.28. The maximum absolute atomic E-state index is 13.5. The highest BCUT2D eigenvalue weighted by molar-refractivity contribution is 5.95. The van der Waals surface area contributed by atoms with Crippen LogP contribution in [0.1, 0.15) is 19.4 Å². The monoisotopic (exact) mass is 356 g/mol. The molecule has 0 saturated heterocycles. The second kappa shape index (κ2) is 8.62. The second-order valence-corrected chi connectivity index (χ2v) is 5.44. The van der Waals surface area contributed by atoms with Crippen molar-refractivity contribution in [2.45, 2.75) is 26.1 Å². The van der Waals surface area contributed by atoms with Crippen LogP contribution in [0.4, 0.5) is 10.1 Å². The molecule has 0 spiro atoms. The van der Waals surface area contributed by atoms with E-state index in [1.807, 2.05) is 6.07 Å². The fourth-order valence-electron chi connectivity index (χ4n) is 1.98. The maximum Gasteiger partial charge on any atom is 0.347 e. The van der Waals surface area contributed by atoms with Crippen LogP contribution < -0.4 is 10.1 Å². The second-order valence-electron chi connectivity index (χ2n) is 5.44. The summed E-state index contributed by atoms with van der Waals surface area (Å²) in [5.41, 5.74) is 0.466. The molecule has 0 aliphatic carbocycles. The van der Waals surface area contributed by atoms with E-state index in [0.29, 0.717) is 11.3 Å². The zero-order valence-electron chi connectivity index (χ0n) is 14.2. The van der Waals surface area contributed by atoms with Crippen molar-refractivity contribution in [1.82, 2.24) is 0 Å².